The lowest BCUT2D eigenvalue weighted by Crippen LogP contribution is -2.50. The van der Waals surface area contributed by atoms with Crippen molar-refractivity contribution >= 4 is 11.8 Å². The molecule has 0 aromatic carbocycles. The number of hydrogen-bond acceptors (Lipinski definition) is 6. The van der Waals surface area contributed by atoms with Crippen LogP contribution in [-0.2, 0) is 0 Å². The first-order valence-electron chi connectivity index (χ1n) is 12.6. The van der Waals surface area contributed by atoms with Gasteiger partial charge in [0.15, 0.2) is 0 Å². The minimum atomic E-state index is -0.413. The molecule has 0 saturated heterocycles. The number of likely N-dealkylation sites (N-methyl/N-ethyl adjacent to an activating group) is 1. The summed E-state index contributed by atoms with van der Waals surface area (Å²) in [4.78, 5) is 38.2. The highest BCUT2D eigenvalue weighted by atomic mass is 16.5. The molecule has 1 N–H and O–H groups in total. The minimum absolute atomic E-state index is 0.118. The molecule has 1 aliphatic heterocycles. The first kappa shape index (κ1) is 25.6. The zero-order valence-electron chi connectivity index (χ0n) is 21.2. The van der Waals surface area contributed by atoms with E-state index < -0.39 is 6.10 Å². The third-order valence-electron chi connectivity index (χ3n) is 7.02. The molecule has 4 rings (SSSR count). The summed E-state index contributed by atoms with van der Waals surface area (Å²) >= 11 is 0. The second kappa shape index (κ2) is 11.5. The highest BCUT2D eigenvalue weighted by Crippen LogP contribution is 2.28. The number of aromatic nitrogens is 2. The lowest BCUT2D eigenvalue weighted by molar-refractivity contribution is 0.0313. The van der Waals surface area contributed by atoms with Gasteiger partial charge in [-0.2, -0.15) is 0 Å². The van der Waals surface area contributed by atoms with Crippen molar-refractivity contribution in [3.05, 3.63) is 53.5 Å². The quantitative estimate of drug-likeness (QED) is 0.648. The summed E-state index contributed by atoms with van der Waals surface area (Å²) in [5.74, 6) is 6.63. The summed E-state index contributed by atoms with van der Waals surface area (Å²) in [5, 5.41) is 9.85. The summed E-state index contributed by atoms with van der Waals surface area (Å²) in [6, 6.07) is 4.71. The first-order chi connectivity index (χ1) is 17.4. The van der Waals surface area contributed by atoms with E-state index in [0.29, 0.717) is 35.7 Å². The smallest absolute Gasteiger partial charge is 0.259 e. The van der Waals surface area contributed by atoms with E-state index in [-0.39, 0.29) is 36.3 Å². The van der Waals surface area contributed by atoms with Crippen molar-refractivity contribution in [3.8, 4) is 17.7 Å². The average Bonchev–Trinajstić information content (AvgIpc) is 3.43. The lowest BCUT2D eigenvalue weighted by atomic mass is 9.99. The summed E-state index contributed by atoms with van der Waals surface area (Å²) < 4.78 is 6.30. The molecular formula is C28H34N4O4. The molecule has 0 spiro atoms. The van der Waals surface area contributed by atoms with E-state index in [1.165, 1.54) is 12.8 Å². The maximum absolute atomic E-state index is 13.5. The van der Waals surface area contributed by atoms with Crippen molar-refractivity contribution in [1.82, 2.24) is 19.8 Å². The predicted octanol–water partition coefficient (Wildman–Crippen LogP) is 3.01. The Labute approximate surface area is 212 Å². The summed E-state index contributed by atoms with van der Waals surface area (Å²) in [6.45, 7) is 4.32. The topological polar surface area (TPSA) is 95.9 Å². The van der Waals surface area contributed by atoms with Gasteiger partial charge in [0.1, 0.15) is 11.7 Å². The van der Waals surface area contributed by atoms with Crippen molar-refractivity contribution in [2.24, 2.45) is 11.8 Å². The zero-order valence-corrected chi connectivity index (χ0v) is 21.2. The highest BCUT2D eigenvalue weighted by molar-refractivity contribution is 5.97. The Hall–Kier alpha value is -3.44. The van der Waals surface area contributed by atoms with Gasteiger partial charge in [0, 0.05) is 55.1 Å². The van der Waals surface area contributed by atoms with E-state index in [0.717, 1.165) is 12.8 Å². The minimum Gasteiger partial charge on any atom is -0.472 e. The number of nitrogens with zero attached hydrogens (tertiary/aromatic N) is 4. The highest BCUT2D eigenvalue weighted by Gasteiger charge is 2.34. The molecular weight excluding hydrogens is 456 g/mol. The second-order valence-electron chi connectivity index (χ2n) is 9.87. The number of ether oxygens (including phenoxy) is 1. The van der Waals surface area contributed by atoms with Crippen molar-refractivity contribution in [1.29, 1.82) is 0 Å². The number of rotatable bonds is 5. The van der Waals surface area contributed by atoms with Crippen LogP contribution in [0.25, 0.3) is 0 Å². The van der Waals surface area contributed by atoms with Crippen molar-refractivity contribution in [2.45, 2.75) is 51.7 Å². The summed E-state index contributed by atoms with van der Waals surface area (Å²) in [7, 11) is 1.73. The number of aliphatic hydroxyl groups excluding tert-OH is 1. The van der Waals surface area contributed by atoms with E-state index in [1.807, 2.05) is 13.8 Å². The van der Waals surface area contributed by atoms with E-state index >= 15 is 0 Å². The van der Waals surface area contributed by atoms with Gasteiger partial charge in [0.2, 0.25) is 5.88 Å². The largest absolute Gasteiger partial charge is 0.472 e. The molecule has 2 amide bonds. The monoisotopic (exact) mass is 490 g/mol. The Morgan fingerprint density at radius 2 is 2.03 bits per heavy atom. The second-order valence-corrected chi connectivity index (χ2v) is 9.87. The Balaban J connectivity index is 1.62. The number of carbonyl (C=O) groups excluding carboxylic acids is 2. The van der Waals surface area contributed by atoms with Crippen LogP contribution in [0.1, 0.15) is 65.8 Å². The van der Waals surface area contributed by atoms with E-state index in [1.54, 1.807) is 53.6 Å². The molecule has 0 radical (unpaired) electrons. The molecule has 2 aliphatic rings. The third kappa shape index (κ3) is 5.85. The number of aliphatic hydroxyl groups is 1. The van der Waals surface area contributed by atoms with Crippen LogP contribution < -0.4 is 4.74 Å². The SMILES string of the molecule is C[C@@H]1CN([C@H](C)CO)C(=O)c2cc(C#CC3CCCC3)cnc2O[C@@H]1CN(C)C(=O)c1ccncc1. The van der Waals surface area contributed by atoms with E-state index in [2.05, 4.69) is 21.8 Å². The van der Waals surface area contributed by atoms with Crippen LogP contribution >= 0.6 is 0 Å². The van der Waals surface area contributed by atoms with Crippen molar-refractivity contribution in [3.63, 3.8) is 0 Å². The van der Waals surface area contributed by atoms with E-state index in [4.69, 9.17) is 4.74 Å². The van der Waals surface area contributed by atoms with Gasteiger partial charge in [0.25, 0.3) is 11.8 Å². The Morgan fingerprint density at radius 1 is 1.31 bits per heavy atom. The molecule has 1 aliphatic carbocycles. The molecule has 190 valence electrons. The molecule has 1 fully saturated rings. The average molecular weight is 491 g/mol. The third-order valence-corrected chi connectivity index (χ3v) is 7.02. The molecule has 0 unspecified atom stereocenters. The van der Waals surface area contributed by atoms with Crippen LogP contribution in [0.4, 0.5) is 0 Å². The van der Waals surface area contributed by atoms with Gasteiger partial charge in [-0.05, 0) is 38.0 Å². The number of hydrogen-bond donors (Lipinski definition) is 1. The van der Waals surface area contributed by atoms with Gasteiger partial charge in [0.05, 0.1) is 19.2 Å². The van der Waals surface area contributed by atoms with E-state index in [9.17, 15) is 14.7 Å². The molecule has 36 heavy (non-hydrogen) atoms. The van der Waals surface area contributed by atoms with Gasteiger partial charge in [-0.15, -0.1) is 0 Å². The van der Waals surface area contributed by atoms with Crippen LogP contribution in [0.2, 0.25) is 0 Å². The Morgan fingerprint density at radius 3 is 2.72 bits per heavy atom. The predicted molar refractivity (Wildman–Crippen MR) is 135 cm³/mol. The standard InChI is InChI=1S/C28H34N4O4/c1-19-16-32(20(2)18-33)28(35)24-14-22(9-8-21-6-4-5-7-21)15-30-26(24)36-25(19)17-31(3)27(34)23-10-12-29-13-11-23/h10-15,19-21,25,33H,4-7,16-18H2,1-3H3/t19-,20-,25-/m1/s1. The normalized spacial score (nSPS) is 20.9. The molecule has 1 saturated carbocycles. The van der Waals surface area contributed by atoms with Gasteiger partial charge in [-0.3, -0.25) is 14.6 Å². The number of fused-ring (bicyclic) bond motifs is 1. The fourth-order valence-electron chi connectivity index (χ4n) is 4.71. The van der Waals surface area contributed by atoms with Crippen LogP contribution in [0.3, 0.4) is 0 Å². The molecule has 8 nitrogen and oxygen atoms in total. The van der Waals surface area contributed by atoms with Crippen LogP contribution in [-0.4, -0.2) is 75.6 Å². The Bertz CT molecular complexity index is 1140. The molecule has 3 atom stereocenters. The molecule has 2 aromatic heterocycles. The van der Waals surface area contributed by atoms with Crippen molar-refractivity contribution < 1.29 is 19.4 Å². The van der Waals surface area contributed by atoms with Gasteiger partial charge in [-0.1, -0.05) is 31.6 Å². The van der Waals surface area contributed by atoms with Crippen LogP contribution in [0.15, 0.2) is 36.8 Å². The van der Waals surface area contributed by atoms with Crippen LogP contribution in [0.5, 0.6) is 5.88 Å². The maximum atomic E-state index is 13.5. The number of amides is 2. The van der Waals surface area contributed by atoms with Gasteiger partial charge < -0.3 is 19.6 Å². The van der Waals surface area contributed by atoms with Crippen LogP contribution in [0, 0.1) is 23.7 Å². The van der Waals surface area contributed by atoms with Crippen molar-refractivity contribution in [2.75, 3.05) is 26.7 Å². The molecule has 0 bridgehead atoms. The molecule has 2 aromatic rings. The molecule has 8 heteroatoms. The summed E-state index contributed by atoms with van der Waals surface area (Å²) in [5.41, 5.74) is 1.54. The zero-order chi connectivity index (χ0) is 25.7. The number of carbonyl (C=O) groups is 2. The fraction of sp³-hybridized carbons (Fsp3) is 0.500. The molecule has 3 heterocycles. The number of pyridine rings is 2. The summed E-state index contributed by atoms with van der Waals surface area (Å²) in [6.07, 6.45) is 9.04. The first-order valence-corrected chi connectivity index (χ1v) is 12.6. The Kier molecular flexibility index (Phi) is 8.21. The van der Waals surface area contributed by atoms with Gasteiger partial charge >= 0.3 is 0 Å². The lowest BCUT2D eigenvalue weighted by Gasteiger charge is -2.37. The fourth-order valence-corrected chi connectivity index (χ4v) is 4.71. The maximum Gasteiger partial charge on any atom is 0.259 e. The van der Waals surface area contributed by atoms with Gasteiger partial charge in [-0.25, -0.2) is 4.98 Å².